The van der Waals surface area contributed by atoms with Gasteiger partial charge in [-0.2, -0.15) is 0 Å². The van der Waals surface area contributed by atoms with E-state index in [0.717, 1.165) is 64.5 Å². The molecule has 2 amide bonds. The first-order chi connectivity index (χ1) is 28.5. The van der Waals surface area contributed by atoms with Gasteiger partial charge in [0.25, 0.3) is 5.88 Å². The Morgan fingerprint density at radius 1 is 1.05 bits per heavy atom. The van der Waals surface area contributed by atoms with Gasteiger partial charge in [-0.25, -0.2) is 4.98 Å². The van der Waals surface area contributed by atoms with Crippen LogP contribution >= 0.6 is 11.3 Å². The molecule has 3 N–H and O–H groups in total. The molecule has 0 unspecified atom stereocenters. The van der Waals surface area contributed by atoms with Crippen LogP contribution in [0.25, 0.3) is 32.7 Å². The zero-order chi connectivity index (χ0) is 40.9. The Labute approximate surface area is 347 Å². The number of ether oxygens (including phenoxy) is 1. The maximum atomic E-state index is 14.2. The summed E-state index contributed by atoms with van der Waals surface area (Å²) in [7, 11) is 0. The van der Waals surface area contributed by atoms with Crippen LogP contribution in [0, 0.1) is 31.6 Å². The molecule has 6 heterocycles. The number of amides is 2. The lowest BCUT2D eigenvalue weighted by Crippen LogP contribution is -2.48. The van der Waals surface area contributed by atoms with Crippen molar-refractivity contribution in [2.24, 2.45) is 17.8 Å². The Bertz CT molecular complexity index is 2480. The summed E-state index contributed by atoms with van der Waals surface area (Å²) in [5.41, 5.74) is 9.50. The average Bonchev–Trinajstić information content (AvgIpc) is 3.93. The number of phenolic OH excluding ortho intramolecular Hbond substituents is 1. The summed E-state index contributed by atoms with van der Waals surface area (Å²) in [4.78, 5) is 40.9. The third-order valence-electron chi connectivity index (χ3n) is 12.6. The summed E-state index contributed by atoms with van der Waals surface area (Å²) in [6, 6.07) is 18.4. The molecule has 13 nitrogen and oxygen atoms in total. The number of aromatic amines is 1. The third-order valence-corrected chi connectivity index (χ3v) is 13.6. The molecule has 4 aromatic heterocycles. The smallest absolute Gasteiger partial charge is 0.254 e. The number of rotatable bonds is 13. The van der Waals surface area contributed by atoms with E-state index in [1.54, 1.807) is 34.4 Å². The van der Waals surface area contributed by atoms with Crippen molar-refractivity contribution < 1.29 is 24.0 Å². The molecule has 306 valence electrons. The second kappa shape index (κ2) is 15.9. The number of aromatic hydroxyl groups is 1. The van der Waals surface area contributed by atoms with Gasteiger partial charge in [0.1, 0.15) is 24.3 Å². The SMILES string of the molecule is Cc1ncsc1-c1ccc([C@H](C)NC(=O)[C@@H]2CCCN2C(=O)[C@@H](c2cc(OCCN3C[C@@H]4[C@H](C3)[C@H]4c3c(C)[nH]c4nnc(-c5ccccc5O)cc34)no2)C(C)C)cc1. The fraction of sp³-hybridized carbons (Fsp3) is 0.422. The van der Waals surface area contributed by atoms with E-state index >= 15 is 0 Å². The number of hydrogen-bond acceptors (Lipinski definition) is 11. The predicted molar refractivity (Wildman–Crippen MR) is 225 cm³/mol. The lowest BCUT2D eigenvalue weighted by molar-refractivity contribution is -0.141. The van der Waals surface area contributed by atoms with E-state index in [-0.39, 0.29) is 29.5 Å². The number of carbonyl (C=O) groups excluding carboxylic acids is 2. The maximum Gasteiger partial charge on any atom is 0.254 e. The van der Waals surface area contributed by atoms with Crippen molar-refractivity contribution in [1.82, 2.24) is 40.4 Å². The highest BCUT2D eigenvalue weighted by Gasteiger charge is 2.57. The van der Waals surface area contributed by atoms with Crippen LogP contribution in [0.3, 0.4) is 0 Å². The Morgan fingerprint density at radius 2 is 1.83 bits per heavy atom. The van der Waals surface area contributed by atoms with Gasteiger partial charge in [0.05, 0.1) is 27.8 Å². The van der Waals surface area contributed by atoms with Crippen molar-refractivity contribution in [1.29, 1.82) is 0 Å². The van der Waals surface area contributed by atoms with Gasteiger partial charge in [-0.15, -0.1) is 21.5 Å². The number of nitrogens with one attached hydrogen (secondary N) is 2. The zero-order valence-corrected chi connectivity index (χ0v) is 34.8. The van der Waals surface area contributed by atoms with Crippen LogP contribution < -0.4 is 10.1 Å². The van der Waals surface area contributed by atoms with Crippen molar-refractivity contribution in [2.45, 2.75) is 71.4 Å². The van der Waals surface area contributed by atoms with Crippen molar-refractivity contribution in [3.05, 3.63) is 94.4 Å². The summed E-state index contributed by atoms with van der Waals surface area (Å²) < 4.78 is 11.8. The van der Waals surface area contributed by atoms with Gasteiger partial charge in [-0.05, 0) is 97.3 Å². The molecular formula is C45H50N8O5S. The molecule has 2 saturated heterocycles. The highest BCUT2D eigenvalue weighted by Crippen LogP contribution is 2.60. The van der Waals surface area contributed by atoms with Crippen molar-refractivity contribution in [2.75, 3.05) is 32.8 Å². The number of para-hydroxylation sites is 1. The molecule has 59 heavy (non-hydrogen) atoms. The number of aromatic nitrogens is 5. The van der Waals surface area contributed by atoms with Crippen molar-refractivity contribution in [3.63, 3.8) is 0 Å². The molecule has 0 spiro atoms. The number of piperidine rings is 1. The van der Waals surface area contributed by atoms with Crippen LogP contribution in [0.4, 0.5) is 0 Å². The number of carbonyl (C=O) groups is 2. The Hall–Kier alpha value is -5.60. The number of nitrogens with zero attached hydrogens (tertiary/aromatic N) is 6. The molecule has 0 bridgehead atoms. The topological polar surface area (TPSA) is 163 Å². The van der Waals surface area contributed by atoms with Gasteiger partial charge in [-0.3, -0.25) is 14.5 Å². The lowest BCUT2D eigenvalue weighted by Gasteiger charge is -2.29. The summed E-state index contributed by atoms with van der Waals surface area (Å²) in [5.74, 6) is 1.60. The fourth-order valence-electron chi connectivity index (χ4n) is 9.49. The second-order valence-electron chi connectivity index (χ2n) is 16.7. The van der Waals surface area contributed by atoms with E-state index in [2.05, 4.69) is 54.6 Å². The minimum Gasteiger partial charge on any atom is -0.507 e. The molecule has 3 aliphatic rings. The number of aryl methyl sites for hydroxylation is 2. The quantitative estimate of drug-likeness (QED) is 0.107. The summed E-state index contributed by atoms with van der Waals surface area (Å²) in [6.45, 7) is 13.7. The number of H-pyrrole nitrogens is 1. The number of fused-ring (bicyclic) bond motifs is 2. The number of likely N-dealkylation sites (tertiary alicyclic amines) is 2. The second-order valence-corrected chi connectivity index (χ2v) is 17.6. The molecule has 2 aromatic carbocycles. The summed E-state index contributed by atoms with van der Waals surface area (Å²) >= 11 is 1.61. The summed E-state index contributed by atoms with van der Waals surface area (Å²) in [5, 5.41) is 27.7. The molecule has 0 radical (unpaired) electrons. The number of thiazole rings is 1. The summed E-state index contributed by atoms with van der Waals surface area (Å²) in [6.07, 6.45) is 1.37. The Kier molecular flexibility index (Phi) is 10.5. The van der Waals surface area contributed by atoms with E-state index in [9.17, 15) is 14.7 Å². The highest BCUT2D eigenvalue weighted by molar-refractivity contribution is 7.13. The van der Waals surface area contributed by atoms with Gasteiger partial charge in [0.2, 0.25) is 11.8 Å². The van der Waals surface area contributed by atoms with Gasteiger partial charge < -0.3 is 29.6 Å². The lowest BCUT2D eigenvalue weighted by atomic mass is 9.91. The Morgan fingerprint density at radius 3 is 2.56 bits per heavy atom. The first kappa shape index (κ1) is 38.9. The first-order valence-electron chi connectivity index (χ1n) is 20.6. The van der Waals surface area contributed by atoms with Gasteiger partial charge in [-0.1, -0.05) is 50.2 Å². The van der Waals surface area contributed by atoms with Gasteiger partial charge >= 0.3 is 0 Å². The predicted octanol–water partition coefficient (Wildman–Crippen LogP) is 7.39. The van der Waals surface area contributed by atoms with Crippen LogP contribution in [0.1, 0.15) is 79.8 Å². The number of hydrogen-bond donors (Lipinski definition) is 3. The van der Waals surface area contributed by atoms with E-state index < -0.39 is 12.0 Å². The van der Waals surface area contributed by atoms with Crippen LogP contribution in [-0.4, -0.2) is 90.9 Å². The minimum absolute atomic E-state index is 0.0820. The molecule has 3 fully saturated rings. The van der Waals surface area contributed by atoms with Crippen molar-refractivity contribution >= 4 is 34.2 Å². The van der Waals surface area contributed by atoms with Crippen LogP contribution in [-0.2, 0) is 9.59 Å². The minimum atomic E-state index is -0.593. The normalized spacial score (nSPS) is 21.2. The van der Waals surface area contributed by atoms with Crippen LogP contribution in [0.2, 0.25) is 0 Å². The molecular weight excluding hydrogens is 765 g/mol. The zero-order valence-electron chi connectivity index (χ0n) is 34.0. The van der Waals surface area contributed by atoms with Gasteiger partial charge in [0.15, 0.2) is 11.4 Å². The molecule has 6 atom stereocenters. The fourth-order valence-corrected chi connectivity index (χ4v) is 10.3. The van der Waals surface area contributed by atoms with Gasteiger partial charge in [0, 0.05) is 48.9 Å². The molecule has 2 aliphatic heterocycles. The van der Waals surface area contributed by atoms with Crippen molar-refractivity contribution in [3.8, 4) is 33.3 Å². The van der Waals surface area contributed by atoms with E-state index in [0.29, 0.717) is 60.2 Å². The molecule has 9 rings (SSSR count). The molecule has 1 saturated carbocycles. The molecule has 1 aliphatic carbocycles. The number of phenols is 1. The standard InChI is InChI=1S/C45H50N8O5S/c1-24(2)39(45(56)53-16-8-10-35(53)44(55)48-25(3)28-12-14-29(15-13-28)42-27(5)46-23-59-42)37-20-38(51-58-37)57-18-17-52-21-32-33(22-52)41(32)40-26(4)47-43-31(40)19-34(49-50-43)30-9-6-7-11-36(30)54/h6-7,9,11-15,19-20,23-25,32-33,35,39,41,54H,8,10,16-18,21-22H2,1-5H3,(H,47,50)(H,48,55)/t25-,32-,33+,35-,39+,41+/m0/s1. The first-order valence-corrected chi connectivity index (χ1v) is 21.5. The molecule has 6 aromatic rings. The largest absolute Gasteiger partial charge is 0.507 e. The monoisotopic (exact) mass is 814 g/mol. The highest BCUT2D eigenvalue weighted by atomic mass is 32.1. The third kappa shape index (κ3) is 7.48. The Balaban J connectivity index is 0.779. The van der Waals surface area contributed by atoms with E-state index in [1.165, 1.54) is 5.56 Å². The molecule has 14 heteroatoms. The number of benzene rings is 2. The van der Waals surface area contributed by atoms with E-state index in [4.69, 9.17) is 9.26 Å². The average molecular weight is 815 g/mol. The van der Waals surface area contributed by atoms with Crippen LogP contribution in [0.5, 0.6) is 11.6 Å². The maximum absolute atomic E-state index is 14.2. The van der Waals surface area contributed by atoms with E-state index in [1.807, 2.05) is 63.5 Å². The van der Waals surface area contributed by atoms with Crippen LogP contribution in [0.15, 0.2) is 70.7 Å².